The average molecular weight is 293 g/mol. The molecule has 3 heteroatoms. The molecule has 0 aliphatic carbocycles. The van der Waals surface area contributed by atoms with Gasteiger partial charge >= 0.3 is 0 Å². The van der Waals surface area contributed by atoms with Crippen molar-refractivity contribution in [2.75, 3.05) is 13.1 Å². The molecule has 1 aliphatic heterocycles. The first-order chi connectivity index (χ1) is 8.34. The van der Waals surface area contributed by atoms with Crippen LogP contribution >= 0.6 is 15.9 Å². The van der Waals surface area contributed by atoms with Crippen molar-refractivity contribution in [3.05, 3.63) is 34.4 Å². The van der Waals surface area contributed by atoms with Gasteiger partial charge in [0, 0.05) is 21.6 Å². The van der Waals surface area contributed by atoms with Crippen LogP contribution in [0.4, 0.5) is 0 Å². The summed E-state index contributed by atoms with van der Waals surface area (Å²) >= 11 is 3.58. The van der Waals surface area contributed by atoms with Crippen molar-refractivity contribution in [3.8, 4) is 0 Å². The number of fused-ring (bicyclic) bond motifs is 1. The third-order valence-corrected chi connectivity index (χ3v) is 4.37. The SMILES string of the molecule is Brc1c[nH]c2c(CC3CCNCC3)cccc12. The summed E-state index contributed by atoms with van der Waals surface area (Å²) in [6.45, 7) is 2.35. The molecule has 0 saturated carbocycles. The van der Waals surface area contributed by atoms with Gasteiger partial charge in [-0.3, -0.25) is 0 Å². The zero-order valence-electron chi connectivity index (χ0n) is 9.80. The summed E-state index contributed by atoms with van der Waals surface area (Å²) in [5, 5.41) is 4.73. The van der Waals surface area contributed by atoms with Crippen LogP contribution in [0.5, 0.6) is 0 Å². The van der Waals surface area contributed by atoms with Crippen LogP contribution in [-0.4, -0.2) is 18.1 Å². The van der Waals surface area contributed by atoms with Crippen LogP contribution in [0.1, 0.15) is 18.4 Å². The minimum absolute atomic E-state index is 0.837. The Labute approximate surface area is 110 Å². The van der Waals surface area contributed by atoms with E-state index in [0.717, 1.165) is 5.92 Å². The van der Waals surface area contributed by atoms with Crippen molar-refractivity contribution in [3.63, 3.8) is 0 Å². The Balaban J connectivity index is 1.89. The van der Waals surface area contributed by atoms with Gasteiger partial charge in [-0.1, -0.05) is 18.2 Å². The molecular formula is C14H17BrN2. The van der Waals surface area contributed by atoms with Crippen LogP contribution in [0.2, 0.25) is 0 Å². The lowest BCUT2D eigenvalue weighted by atomic mass is 9.90. The third kappa shape index (κ3) is 2.26. The van der Waals surface area contributed by atoms with E-state index in [0.29, 0.717) is 0 Å². The van der Waals surface area contributed by atoms with Crippen LogP contribution in [-0.2, 0) is 6.42 Å². The number of nitrogens with one attached hydrogen (secondary N) is 2. The molecule has 1 saturated heterocycles. The first-order valence-electron chi connectivity index (χ1n) is 6.30. The van der Waals surface area contributed by atoms with Crippen molar-refractivity contribution < 1.29 is 0 Å². The van der Waals surface area contributed by atoms with Gasteiger partial charge < -0.3 is 10.3 Å². The van der Waals surface area contributed by atoms with Crippen molar-refractivity contribution in [2.45, 2.75) is 19.3 Å². The number of aromatic amines is 1. The van der Waals surface area contributed by atoms with E-state index in [1.165, 1.54) is 53.3 Å². The predicted molar refractivity (Wildman–Crippen MR) is 75.3 cm³/mol. The fourth-order valence-electron chi connectivity index (χ4n) is 2.75. The second-order valence-corrected chi connectivity index (χ2v) is 5.73. The molecule has 3 rings (SSSR count). The minimum Gasteiger partial charge on any atom is -0.360 e. The number of halogens is 1. The van der Waals surface area contributed by atoms with Crippen molar-refractivity contribution >= 4 is 26.8 Å². The van der Waals surface area contributed by atoms with E-state index >= 15 is 0 Å². The van der Waals surface area contributed by atoms with Gasteiger partial charge in [-0.05, 0) is 59.8 Å². The monoisotopic (exact) mass is 292 g/mol. The number of hydrogen-bond donors (Lipinski definition) is 2. The molecule has 2 aromatic rings. The standard InChI is InChI=1S/C14H17BrN2/c15-13-9-17-14-11(2-1-3-12(13)14)8-10-4-6-16-7-5-10/h1-3,9-10,16-17H,4-8H2. The molecule has 1 aromatic carbocycles. The van der Waals surface area contributed by atoms with Crippen molar-refractivity contribution in [2.24, 2.45) is 5.92 Å². The molecule has 90 valence electrons. The maximum Gasteiger partial charge on any atom is 0.0498 e. The lowest BCUT2D eigenvalue weighted by Gasteiger charge is -2.22. The fraction of sp³-hybridized carbons (Fsp3) is 0.429. The highest BCUT2D eigenvalue weighted by molar-refractivity contribution is 9.10. The minimum atomic E-state index is 0.837. The van der Waals surface area contributed by atoms with Crippen molar-refractivity contribution in [1.82, 2.24) is 10.3 Å². The molecule has 0 amide bonds. The van der Waals surface area contributed by atoms with Crippen LogP contribution in [0.15, 0.2) is 28.9 Å². The lowest BCUT2D eigenvalue weighted by molar-refractivity contribution is 0.373. The summed E-state index contributed by atoms with van der Waals surface area (Å²) in [4.78, 5) is 3.38. The summed E-state index contributed by atoms with van der Waals surface area (Å²) in [5.41, 5.74) is 2.76. The lowest BCUT2D eigenvalue weighted by Crippen LogP contribution is -2.28. The summed E-state index contributed by atoms with van der Waals surface area (Å²) in [6.07, 6.45) is 5.85. The number of rotatable bonds is 2. The maximum atomic E-state index is 3.58. The Hall–Kier alpha value is -0.800. The van der Waals surface area contributed by atoms with E-state index in [9.17, 15) is 0 Å². The zero-order valence-corrected chi connectivity index (χ0v) is 11.4. The number of piperidine rings is 1. The summed E-state index contributed by atoms with van der Waals surface area (Å²) in [5.74, 6) is 0.837. The van der Waals surface area contributed by atoms with Crippen LogP contribution < -0.4 is 5.32 Å². The highest BCUT2D eigenvalue weighted by Gasteiger charge is 2.15. The van der Waals surface area contributed by atoms with Crippen LogP contribution in [0.25, 0.3) is 10.9 Å². The summed E-state index contributed by atoms with van der Waals surface area (Å²) in [6, 6.07) is 6.59. The second-order valence-electron chi connectivity index (χ2n) is 4.87. The molecule has 0 spiro atoms. The molecule has 1 fully saturated rings. The molecule has 2 heterocycles. The Morgan fingerprint density at radius 1 is 1.24 bits per heavy atom. The van der Waals surface area contributed by atoms with Gasteiger partial charge in [-0.25, -0.2) is 0 Å². The normalized spacial score (nSPS) is 17.7. The first kappa shape index (κ1) is 11.3. The van der Waals surface area contributed by atoms with Gasteiger partial charge in [0.1, 0.15) is 0 Å². The van der Waals surface area contributed by atoms with Crippen molar-refractivity contribution in [1.29, 1.82) is 0 Å². The molecule has 0 atom stereocenters. The Morgan fingerprint density at radius 2 is 2.06 bits per heavy atom. The van der Waals surface area contributed by atoms with Crippen LogP contribution in [0.3, 0.4) is 0 Å². The number of para-hydroxylation sites is 1. The van der Waals surface area contributed by atoms with E-state index < -0.39 is 0 Å². The molecular weight excluding hydrogens is 276 g/mol. The molecule has 2 N–H and O–H groups in total. The predicted octanol–water partition coefficient (Wildman–Crippen LogP) is 3.47. The smallest absolute Gasteiger partial charge is 0.0498 e. The Bertz CT molecular complexity index is 512. The Kier molecular flexibility index (Phi) is 3.21. The number of hydrogen-bond acceptors (Lipinski definition) is 1. The molecule has 0 unspecified atom stereocenters. The van der Waals surface area contributed by atoms with Gasteiger partial charge in [-0.2, -0.15) is 0 Å². The van der Waals surface area contributed by atoms with E-state index in [2.05, 4.69) is 44.4 Å². The summed E-state index contributed by atoms with van der Waals surface area (Å²) in [7, 11) is 0. The molecule has 0 bridgehead atoms. The van der Waals surface area contributed by atoms with Gasteiger partial charge in [0.2, 0.25) is 0 Å². The van der Waals surface area contributed by atoms with E-state index in [1.54, 1.807) is 0 Å². The van der Waals surface area contributed by atoms with Crippen LogP contribution in [0, 0.1) is 5.92 Å². The highest BCUT2D eigenvalue weighted by Crippen LogP contribution is 2.28. The van der Waals surface area contributed by atoms with Gasteiger partial charge in [0.15, 0.2) is 0 Å². The van der Waals surface area contributed by atoms with E-state index in [1.807, 2.05) is 6.20 Å². The third-order valence-electron chi connectivity index (χ3n) is 3.72. The topological polar surface area (TPSA) is 27.8 Å². The van der Waals surface area contributed by atoms with Gasteiger partial charge in [-0.15, -0.1) is 0 Å². The number of benzene rings is 1. The number of H-pyrrole nitrogens is 1. The highest BCUT2D eigenvalue weighted by atomic mass is 79.9. The molecule has 2 nitrogen and oxygen atoms in total. The average Bonchev–Trinajstić information content (AvgIpc) is 2.74. The largest absolute Gasteiger partial charge is 0.360 e. The summed E-state index contributed by atoms with van der Waals surface area (Å²) < 4.78 is 1.17. The molecule has 0 radical (unpaired) electrons. The fourth-order valence-corrected chi connectivity index (χ4v) is 3.19. The van der Waals surface area contributed by atoms with E-state index in [-0.39, 0.29) is 0 Å². The Morgan fingerprint density at radius 3 is 2.88 bits per heavy atom. The quantitative estimate of drug-likeness (QED) is 0.872. The first-order valence-corrected chi connectivity index (χ1v) is 7.09. The zero-order chi connectivity index (χ0) is 11.7. The van der Waals surface area contributed by atoms with E-state index in [4.69, 9.17) is 0 Å². The number of aromatic nitrogens is 1. The maximum absolute atomic E-state index is 3.58. The molecule has 1 aliphatic rings. The molecule has 1 aromatic heterocycles. The van der Waals surface area contributed by atoms with Gasteiger partial charge in [0.25, 0.3) is 0 Å². The molecule has 17 heavy (non-hydrogen) atoms. The second kappa shape index (κ2) is 4.83. The van der Waals surface area contributed by atoms with Gasteiger partial charge in [0.05, 0.1) is 0 Å².